The molecule has 1 aromatic heterocycles. The molecule has 2 heterocycles. The standard InChI is InChI=1S/C61H86N10O18/c1-35(2)30-45(70-59(84)47-17-13-29-71(47)50(73)18-10-7-11-28-63-53(78)40-32-38-20-21-39(88-5)33-48(38)89-61(40)87)54(79)64-34-49(72)65-42(22-19-37-14-8-6-9-15-37)56(81)66-41(16-12-27-62)55(80)69-46(31-36(3)4)58(83)67-43(23-25-51(74)75)57(82)68-44(60(85)86)24-26-52(76)77/h6,8-9,14-15,20-21,32-33,35-36,41-47H,7,10-13,16-19,22-31,34,62H2,1-5H3,(H,63,78)(H,64,79)(H,65,72)(H,66,81)(H,67,83)(H,68,82)(H,69,80)(H,70,84)(H,74,75)(H,76,77)(H,85,86)/t41-,42-,43-,44-,45-,46-,47-/m0/s1. The van der Waals surface area contributed by atoms with Crippen LogP contribution in [0.25, 0.3) is 11.0 Å². The average molecular weight is 1250 g/mol. The second-order valence-electron chi connectivity index (χ2n) is 22.7. The van der Waals surface area contributed by atoms with E-state index in [-0.39, 0.29) is 86.9 Å². The number of ether oxygens (including phenoxy) is 1. The topological polar surface area (TPSA) is 430 Å². The Labute approximate surface area is 515 Å². The molecule has 9 amide bonds. The van der Waals surface area contributed by atoms with E-state index in [2.05, 4.69) is 42.5 Å². The minimum Gasteiger partial charge on any atom is -0.497 e. The molecule has 1 fully saturated rings. The van der Waals surface area contributed by atoms with Gasteiger partial charge in [-0.1, -0.05) is 64.4 Å². The summed E-state index contributed by atoms with van der Waals surface area (Å²) in [5.74, 6) is -10.8. The number of nitrogens with two attached hydrogens (primary N) is 1. The molecule has 488 valence electrons. The molecule has 7 atom stereocenters. The first kappa shape index (κ1) is 72.5. The summed E-state index contributed by atoms with van der Waals surface area (Å²) >= 11 is 0. The molecular formula is C61H86N10O18. The van der Waals surface area contributed by atoms with Gasteiger partial charge in [0.2, 0.25) is 47.3 Å². The van der Waals surface area contributed by atoms with E-state index in [0.717, 1.165) is 5.56 Å². The molecule has 28 heteroatoms. The van der Waals surface area contributed by atoms with Crippen LogP contribution >= 0.6 is 0 Å². The van der Waals surface area contributed by atoms with Gasteiger partial charge in [-0.3, -0.25) is 52.7 Å². The number of benzene rings is 2. The zero-order valence-electron chi connectivity index (χ0n) is 51.0. The molecule has 0 aliphatic carbocycles. The molecule has 0 bridgehead atoms. The fourth-order valence-electron chi connectivity index (χ4n) is 9.91. The molecule has 0 radical (unpaired) electrons. The van der Waals surface area contributed by atoms with Crippen LogP contribution in [0.2, 0.25) is 0 Å². The van der Waals surface area contributed by atoms with Crippen molar-refractivity contribution in [1.29, 1.82) is 0 Å². The van der Waals surface area contributed by atoms with E-state index in [1.54, 1.807) is 50.2 Å². The number of likely N-dealkylation sites (tertiary alicyclic amines) is 1. The van der Waals surface area contributed by atoms with E-state index in [0.29, 0.717) is 49.8 Å². The number of fused-ring (bicyclic) bond motifs is 1. The van der Waals surface area contributed by atoms with Crippen LogP contribution in [0.4, 0.5) is 0 Å². The van der Waals surface area contributed by atoms with Crippen LogP contribution in [0.15, 0.2) is 63.8 Å². The minimum atomic E-state index is -1.70. The van der Waals surface area contributed by atoms with Gasteiger partial charge in [-0.25, -0.2) is 9.59 Å². The summed E-state index contributed by atoms with van der Waals surface area (Å²) in [6.45, 7) is 7.11. The lowest BCUT2D eigenvalue weighted by atomic mass is 10.0. The summed E-state index contributed by atoms with van der Waals surface area (Å²) in [4.78, 5) is 172. The number of rotatable bonds is 39. The number of carboxylic acid groups (broad SMARTS) is 3. The van der Waals surface area contributed by atoms with E-state index in [4.69, 9.17) is 20.0 Å². The van der Waals surface area contributed by atoms with Crippen LogP contribution < -0.4 is 58.6 Å². The summed E-state index contributed by atoms with van der Waals surface area (Å²) in [5.41, 5.74) is 5.95. The van der Waals surface area contributed by atoms with Crippen molar-refractivity contribution in [2.24, 2.45) is 17.6 Å². The van der Waals surface area contributed by atoms with Gasteiger partial charge in [0.1, 0.15) is 59.2 Å². The zero-order chi connectivity index (χ0) is 65.7. The van der Waals surface area contributed by atoms with Gasteiger partial charge in [0.05, 0.1) is 13.7 Å². The molecule has 1 aliphatic heterocycles. The van der Waals surface area contributed by atoms with Crippen molar-refractivity contribution in [2.75, 3.05) is 33.3 Å². The Balaban J connectivity index is 1.38. The highest BCUT2D eigenvalue weighted by Gasteiger charge is 2.37. The predicted molar refractivity (Wildman–Crippen MR) is 323 cm³/mol. The first-order valence-corrected chi connectivity index (χ1v) is 30.0. The van der Waals surface area contributed by atoms with E-state index in [1.807, 2.05) is 26.0 Å². The average Bonchev–Trinajstić information content (AvgIpc) is 1.69. The number of hydrogen-bond acceptors (Lipinski definition) is 16. The van der Waals surface area contributed by atoms with Crippen LogP contribution in [0.3, 0.4) is 0 Å². The number of aryl methyl sites for hydroxylation is 1. The summed E-state index contributed by atoms with van der Waals surface area (Å²) < 4.78 is 10.5. The molecule has 1 aliphatic rings. The zero-order valence-corrected chi connectivity index (χ0v) is 51.0. The number of aliphatic carboxylic acids is 3. The normalized spacial score (nSPS) is 14.9. The Morgan fingerprint density at radius 2 is 1.20 bits per heavy atom. The van der Waals surface area contributed by atoms with Crippen molar-refractivity contribution in [3.8, 4) is 5.75 Å². The van der Waals surface area contributed by atoms with Gasteiger partial charge in [-0.2, -0.15) is 0 Å². The molecule has 0 spiro atoms. The highest BCUT2D eigenvalue weighted by atomic mass is 16.5. The van der Waals surface area contributed by atoms with Gasteiger partial charge in [0.25, 0.3) is 5.91 Å². The molecular weight excluding hydrogens is 1160 g/mol. The van der Waals surface area contributed by atoms with E-state index in [9.17, 15) is 72.5 Å². The van der Waals surface area contributed by atoms with Gasteiger partial charge in [0.15, 0.2) is 0 Å². The maximum Gasteiger partial charge on any atom is 0.349 e. The summed E-state index contributed by atoms with van der Waals surface area (Å²) in [5, 5.41) is 49.1. The van der Waals surface area contributed by atoms with Crippen molar-refractivity contribution >= 4 is 82.0 Å². The predicted octanol–water partition coefficient (Wildman–Crippen LogP) is 1.39. The van der Waals surface area contributed by atoms with Crippen LogP contribution in [-0.2, 0) is 59.2 Å². The molecule has 13 N–H and O–H groups in total. The highest BCUT2D eigenvalue weighted by Crippen LogP contribution is 2.22. The first-order chi connectivity index (χ1) is 42.3. The third-order valence-electron chi connectivity index (χ3n) is 14.6. The number of nitrogens with zero attached hydrogens (tertiary/aromatic N) is 1. The molecule has 2 aromatic carbocycles. The maximum atomic E-state index is 14.3. The number of hydrogen-bond donors (Lipinski definition) is 12. The molecule has 0 saturated carbocycles. The number of carbonyl (C=O) groups excluding carboxylic acids is 9. The highest BCUT2D eigenvalue weighted by molar-refractivity contribution is 5.98. The Kier molecular flexibility index (Phi) is 30.2. The number of unbranched alkanes of at least 4 members (excludes halogenated alkanes) is 2. The van der Waals surface area contributed by atoms with Crippen molar-refractivity contribution in [3.05, 3.63) is 76.1 Å². The summed E-state index contributed by atoms with van der Waals surface area (Å²) in [6.07, 6.45) is 0.736. The van der Waals surface area contributed by atoms with Crippen LogP contribution in [-0.4, -0.2) is 167 Å². The lowest BCUT2D eigenvalue weighted by molar-refractivity contribution is -0.144. The fraction of sp³-hybridized carbons (Fsp3) is 0.557. The maximum absolute atomic E-state index is 14.3. The lowest BCUT2D eigenvalue weighted by Crippen LogP contribution is -2.59. The van der Waals surface area contributed by atoms with Gasteiger partial charge in [0, 0.05) is 43.8 Å². The third kappa shape index (κ3) is 25.0. The van der Waals surface area contributed by atoms with Crippen LogP contribution in [0.5, 0.6) is 5.75 Å². The number of amides is 9. The van der Waals surface area contributed by atoms with Gasteiger partial charge >= 0.3 is 23.5 Å². The van der Waals surface area contributed by atoms with Crippen molar-refractivity contribution < 1.29 is 82.0 Å². The summed E-state index contributed by atoms with van der Waals surface area (Å²) in [6, 6.07) is 5.92. The Hall–Kier alpha value is -8.95. The number of carbonyl (C=O) groups is 12. The summed E-state index contributed by atoms with van der Waals surface area (Å²) in [7, 11) is 1.48. The molecule has 3 aromatic rings. The van der Waals surface area contributed by atoms with Crippen molar-refractivity contribution in [2.45, 2.75) is 173 Å². The molecule has 4 rings (SSSR count). The minimum absolute atomic E-state index is 0.00399. The number of nitrogens with one attached hydrogen (secondary N) is 8. The molecule has 1 saturated heterocycles. The molecule has 89 heavy (non-hydrogen) atoms. The monoisotopic (exact) mass is 1250 g/mol. The van der Waals surface area contributed by atoms with E-state index >= 15 is 0 Å². The van der Waals surface area contributed by atoms with E-state index < -0.39 is 145 Å². The van der Waals surface area contributed by atoms with Crippen molar-refractivity contribution in [3.63, 3.8) is 0 Å². The van der Waals surface area contributed by atoms with Crippen molar-refractivity contribution in [1.82, 2.24) is 47.4 Å². The molecule has 0 unspecified atom stereocenters. The van der Waals surface area contributed by atoms with Gasteiger partial charge < -0.3 is 77.6 Å². The van der Waals surface area contributed by atoms with E-state index in [1.165, 1.54) is 18.1 Å². The Bertz CT molecular complexity index is 3010. The second-order valence-corrected chi connectivity index (χ2v) is 22.7. The number of methoxy groups -OCH3 is 1. The Morgan fingerprint density at radius 1 is 0.629 bits per heavy atom. The SMILES string of the molecule is COc1ccc2cc(C(=O)NCCCCCC(=O)N3CCC[C@H]3C(=O)N[C@@H](CC(C)C)C(=O)NCC(=O)N[C@@H](CCc3ccccc3)C(=O)N[C@@H](CCCN)C(=O)N[C@@H](CC(C)C)C(=O)N[C@@H](CCC(=O)O)C(=O)N[C@@H](CCC(=O)O)C(=O)O)c(=O)oc2c1. The van der Waals surface area contributed by atoms with Crippen LogP contribution in [0.1, 0.15) is 140 Å². The second kappa shape index (κ2) is 37.0. The smallest absolute Gasteiger partial charge is 0.349 e. The van der Waals surface area contributed by atoms with Gasteiger partial charge in [-0.15, -0.1) is 0 Å². The van der Waals surface area contributed by atoms with Crippen LogP contribution in [0, 0.1) is 11.8 Å². The first-order valence-electron chi connectivity index (χ1n) is 30.0. The number of carboxylic acids is 3. The van der Waals surface area contributed by atoms with Gasteiger partial charge in [-0.05, 0) is 119 Å². The lowest BCUT2D eigenvalue weighted by Gasteiger charge is -2.28. The molecule has 28 nitrogen and oxygen atoms in total. The Morgan fingerprint density at radius 3 is 1.80 bits per heavy atom. The fourth-order valence-corrected chi connectivity index (χ4v) is 9.91. The third-order valence-corrected chi connectivity index (χ3v) is 14.6. The largest absolute Gasteiger partial charge is 0.497 e. The quantitative estimate of drug-likeness (QED) is 0.0284.